The predicted octanol–water partition coefficient (Wildman–Crippen LogP) is 3.33. The van der Waals surface area contributed by atoms with E-state index in [9.17, 15) is 0 Å². The second-order valence-electron chi connectivity index (χ2n) is 5.94. The number of aliphatic imine (C=N–C) groups is 1. The molecule has 1 saturated heterocycles. The highest BCUT2D eigenvalue weighted by Gasteiger charge is 2.26. The van der Waals surface area contributed by atoms with Crippen molar-refractivity contribution < 1.29 is 4.74 Å². The maximum absolute atomic E-state index is 6.00. The summed E-state index contributed by atoms with van der Waals surface area (Å²) in [5.41, 5.74) is 0. The molecule has 0 spiro atoms. The number of rotatable bonds is 5. The number of hydrogen-bond donors (Lipinski definition) is 1. The van der Waals surface area contributed by atoms with Gasteiger partial charge in [-0.2, -0.15) is 0 Å². The van der Waals surface area contributed by atoms with Gasteiger partial charge in [0.1, 0.15) is 0 Å². The van der Waals surface area contributed by atoms with Crippen LogP contribution in [0.1, 0.15) is 30.6 Å². The number of ether oxygens (including phenoxy) is 1. The fourth-order valence-corrected chi connectivity index (χ4v) is 3.35. The summed E-state index contributed by atoms with van der Waals surface area (Å²) in [4.78, 5) is 8.11. The lowest BCUT2D eigenvalue weighted by molar-refractivity contribution is 0.0131. The molecule has 1 N–H and O–H groups in total. The minimum Gasteiger partial charge on any atom is -0.378 e. The first kappa shape index (κ1) is 18.0. The van der Waals surface area contributed by atoms with Gasteiger partial charge in [-0.3, -0.25) is 4.99 Å². The summed E-state index contributed by atoms with van der Waals surface area (Å²) in [6, 6.07) is 4.25. The molecular weight excluding hydrogens is 409 g/mol. The van der Waals surface area contributed by atoms with Crippen molar-refractivity contribution in [2.24, 2.45) is 10.9 Å². The fraction of sp³-hybridized carbons (Fsp3) is 0.688. The largest absolute Gasteiger partial charge is 0.378 e. The average molecular weight is 435 g/mol. The van der Waals surface area contributed by atoms with E-state index in [1.54, 1.807) is 11.3 Å². The molecule has 3 rings (SSSR count). The van der Waals surface area contributed by atoms with Crippen molar-refractivity contribution in [3.8, 4) is 0 Å². The maximum atomic E-state index is 6.00. The topological polar surface area (TPSA) is 36.9 Å². The summed E-state index contributed by atoms with van der Waals surface area (Å²) in [6.45, 7) is 3.93. The molecule has 0 bridgehead atoms. The Morgan fingerprint density at radius 3 is 2.73 bits per heavy atom. The van der Waals surface area contributed by atoms with E-state index in [1.165, 1.54) is 17.7 Å². The second-order valence-corrected chi connectivity index (χ2v) is 6.98. The minimum atomic E-state index is 0. The monoisotopic (exact) mass is 435 g/mol. The molecule has 4 nitrogen and oxygen atoms in total. The number of halogens is 1. The highest BCUT2D eigenvalue weighted by atomic mass is 127. The summed E-state index contributed by atoms with van der Waals surface area (Å²) in [5, 5.41) is 5.58. The highest BCUT2D eigenvalue weighted by molar-refractivity contribution is 14.0. The van der Waals surface area contributed by atoms with Gasteiger partial charge < -0.3 is 15.0 Å². The first-order chi connectivity index (χ1) is 10.3. The van der Waals surface area contributed by atoms with Gasteiger partial charge in [-0.05, 0) is 43.0 Å². The summed E-state index contributed by atoms with van der Waals surface area (Å²) in [7, 11) is 1.87. The Morgan fingerprint density at radius 1 is 1.36 bits per heavy atom. The lowest BCUT2D eigenvalue weighted by Crippen LogP contribution is -2.46. The van der Waals surface area contributed by atoms with Gasteiger partial charge in [0.25, 0.3) is 0 Å². The standard InChI is InChI=1S/C16H25N3OS.HI/c1-17-16(18-11-15-3-2-10-21-15)19-8-6-14(7-9-19)20-12-13-4-5-13;/h2-3,10,13-14H,4-9,11-12H2,1H3,(H,17,18);1H. The predicted molar refractivity (Wildman–Crippen MR) is 103 cm³/mol. The van der Waals surface area contributed by atoms with E-state index in [2.05, 4.69) is 32.7 Å². The molecule has 2 fully saturated rings. The molecule has 6 heteroatoms. The number of guanidine groups is 1. The molecule has 0 unspecified atom stereocenters. The van der Waals surface area contributed by atoms with Crippen molar-refractivity contribution in [1.29, 1.82) is 0 Å². The van der Waals surface area contributed by atoms with Crippen molar-refractivity contribution in [2.45, 2.75) is 38.3 Å². The summed E-state index contributed by atoms with van der Waals surface area (Å²) < 4.78 is 6.00. The number of nitrogens with zero attached hydrogens (tertiary/aromatic N) is 2. The van der Waals surface area contributed by atoms with Crippen LogP contribution in [0.25, 0.3) is 0 Å². The zero-order valence-corrected chi connectivity index (χ0v) is 16.3. The number of likely N-dealkylation sites (tertiary alicyclic amines) is 1. The van der Waals surface area contributed by atoms with Crippen molar-refractivity contribution in [3.05, 3.63) is 22.4 Å². The van der Waals surface area contributed by atoms with Gasteiger partial charge in [0.15, 0.2) is 5.96 Å². The highest BCUT2D eigenvalue weighted by Crippen LogP contribution is 2.30. The van der Waals surface area contributed by atoms with Crippen LogP contribution < -0.4 is 5.32 Å². The molecule has 1 aromatic heterocycles. The van der Waals surface area contributed by atoms with Gasteiger partial charge in [-0.1, -0.05) is 6.07 Å². The van der Waals surface area contributed by atoms with E-state index < -0.39 is 0 Å². The number of thiophene rings is 1. The Labute approximate surface area is 154 Å². The average Bonchev–Trinajstić information content (AvgIpc) is 3.21. The van der Waals surface area contributed by atoms with Gasteiger partial charge in [-0.15, -0.1) is 35.3 Å². The van der Waals surface area contributed by atoms with Crippen LogP contribution in [0.4, 0.5) is 0 Å². The van der Waals surface area contributed by atoms with Crippen molar-refractivity contribution in [3.63, 3.8) is 0 Å². The number of nitrogens with one attached hydrogen (secondary N) is 1. The van der Waals surface area contributed by atoms with E-state index in [4.69, 9.17) is 4.74 Å². The maximum Gasteiger partial charge on any atom is 0.193 e. The van der Waals surface area contributed by atoms with E-state index in [0.29, 0.717) is 6.10 Å². The van der Waals surface area contributed by atoms with Crippen LogP contribution in [-0.4, -0.2) is 43.7 Å². The van der Waals surface area contributed by atoms with Gasteiger partial charge in [0.2, 0.25) is 0 Å². The molecule has 1 aliphatic carbocycles. The van der Waals surface area contributed by atoms with Gasteiger partial charge >= 0.3 is 0 Å². The third-order valence-corrected chi connectivity index (χ3v) is 5.10. The van der Waals surface area contributed by atoms with Gasteiger partial charge in [-0.25, -0.2) is 0 Å². The van der Waals surface area contributed by atoms with Gasteiger partial charge in [0, 0.05) is 31.6 Å². The Balaban J connectivity index is 0.00000176. The first-order valence-corrected chi connectivity index (χ1v) is 8.82. The molecule has 1 saturated carbocycles. The lowest BCUT2D eigenvalue weighted by Gasteiger charge is -2.34. The molecule has 1 aliphatic heterocycles. The second kappa shape index (κ2) is 9.08. The molecule has 0 amide bonds. The van der Waals surface area contributed by atoms with Crippen LogP contribution in [0.3, 0.4) is 0 Å². The number of piperidine rings is 1. The minimum absolute atomic E-state index is 0. The Hall–Kier alpha value is -0.340. The van der Waals surface area contributed by atoms with Crippen molar-refractivity contribution in [1.82, 2.24) is 10.2 Å². The van der Waals surface area contributed by atoms with Crippen LogP contribution in [0.2, 0.25) is 0 Å². The van der Waals surface area contributed by atoms with Gasteiger partial charge in [0.05, 0.1) is 12.6 Å². The zero-order valence-electron chi connectivity index (χ0n) is 13.2. The third kappa shape index (κ3) is 5.38. The zero-order chi connectivity index (χ0) is 14.5. The van der Waals surface area contributed by atoms with Crippen molar-refractivity contribution >= 4 is 41.3 Å². The Kier molecular flexibility index (Phi) is 7.43. The van der Waals surface area contributed by atoms with E-state index in [1.807, 2.05) is 7.05 Å². The number of hydrogen-bond acceptors (Lipinski definition) is 3. The van der Waals surface area contributed by atoms with E-state index >= 15 is 0 Å². The van der Waals surface area contributed by atoms with Crippen LogP contribution >= 0.6 is 35.3 Å². The van der Waals surface area contributed by atoms with E-state index in [0.717, 1.165) is 51.0 Å². The third-order valence-electron chi connectivity index (χ3n) is 4.22. The fourth-order valence-electron chi connectivity index (χ4n) is 2.70. The SMILES string of the molecule is CN=C(NCc1cccs1)N1CCC(OCC2CC2)CC1.I. The molecule has 0 atom stereocenters. The van der Waals surface area contributed by atoms with Crippen LogP contribution in [-0.2, 0) is 11.3 Å². The van der Waals surface area contributed by atoms with Crippen molar-refractivity contribution in [2.75, 3.05) is 26.7 Å². The summed E-state index contributed by atoms with van der Waals surface area (Å²) in [6.07, 6.45) is 5.44. The molecule has 0 radical (unpaired) electrons. The quantitative estimate of drug-likeness (QED) is 0.438. The molecule has 1 aromatic rings. The molecule has 22 heavy (non-hydrogen) atoms. The molecule has 0 aromatic carbocycles. The van der Waals surface area contributed by atoms with Crippen LogP contribution in [0, 0.1) is 5.92 Å². The van der Waals surface area contributed by atoms with Crippen LogP contribution in [0.5, 0.6) is 0 Å². The Bertz CT molecular complexity index is 454. The first-order valence-electron chi connectivity index (χ1n) is 7.94. The molecular formula is C16H26IN3OS. The van der Waals surface area contributed by atoms with E-state index in [-0.39, 0.29) is 24.0 Å². The van der Waals surface area contributed by atoms with Crippen LogP contribution in [0.15, 0.2) is 22.5 Å². The molecule has 2 aliphatic rings. The lowest BCUT2D eigenvalue weighted by atomic mass is 10.1. The molecule has 124 valence electrons. The summed E-state index contributed by atoms with van der Waals surface area (Å²) >= 11 is 1.78. The summed E-state index contributed by atoms with van der Waals surface area (Å²) in [5.74, 6) is 1.88. The normalized spacial score (nSPS) is 19.9. The molecule has 2 heterocycles. The smallest absolute Gasteiger partial charge is 0.193 e. The Morgan fingerprint density at radius 2 is 2.14 bits per heavy atom.